The molecule has 1 aromatic carbocycles. The molecule has 7 heteroatoms. The Hall–Kier alpha value is -2.02. The lowest BCUT2D eigenvalue weighted by molar-refractivity contribution is -0.117. The molecule has 0 aliphatic heterocycles. The van der Waals surface area contributed by atoms with E-state index in [4.69, 9.17) is 10.5 Å². The van der Waals surface area contributed by atoms with Crippen molar-refractivity contribution < 1.29 is 9.53 Å². The van der Waals surface area contributed by atoms with Gasteiger partial charge in [-0.3, -0.25) is 4.79 Å². The number of aromatic nitrogens is 3. The summed E-state index contributed by atoms with van der Waals surface area (Å²) in [6.07, 6.45) is 0. The predicted octanol–water partition coefficient (Wildman–Crippen LogP) is 1.94. The second-order valence-corrected chi connectivity index (χ2v) is 5.75. The van der Waals surface area contributed by atoms with Crippen molar-refractivity contribution in [3.63, 3.8) is 0 Å². The average Bonchev–Trinajstić information content (AvgIpc) is 2.89. The minimum atomic E-state index is -0.364. The fourth-order valence-electron chi connectivity index (χ4n) is 1.83. The van der Waals surface area contributed by atoms with Crippen LogP contribution < -0.4 is 10.5 Å². The number of amides is 1. The highest BCUT2D eigenvalue weighted by Crippen LogP contribution is 2.27. The van der Waals surface area contributed by atoms with Crippen molar-refractivity contribution in [3.05, 3.63) is 24.3 Å². The molecule has 0 saturated heterocycles. The van der Waals surface area contributed by atoms with E-state index in [2.05, 4.69) is 10.2 Å². The number of benzene rings is 1. The molecule has 0 bridgehead atoms. The van der Waals surface area contributed by atoms with Crippen molar-refractivity contribution in [2.24, 2.45) is 5.73 Å². The number of hydrogen-bond acceptors (Lipinski definition) is 5. The molecule has 1 amide bonds. The first-order valence-corrected chi connectivity index (χ1v) is 7.48. The summed E-state index contributed by atoms with van der Waals surface area (Å²) in [5.41, 5.74) is 6.24. The van der Waals surface area contributed by atoms with Gasteiger partial charge in [-0.05, 0) is 38.1 Å². The largest absolute Gasteiger partial charge is 0.497 e. The zero-order chi connectivity index (χ0) is 15.4. The molecule has 112 valence electrons. The number of carbonyl (C=O) groups excluding carboxylic acids is 1. The fourth-order valence-corrected chi connectivity index (χ4v) is 2.69. The number of methoxy groups -OCH3 is 1. The lowest BCUT2D eigenvalue weighted by Gasteiger charge is -2.09. The Labute approximate surface area is 127 Å². The van der Waals surface area contributed by atoms with Crippen LogP contribution in [-0.4, -0.2) is 33.0 Å². The maximum atomic E-state index is 11.2. The lowest BCUT2D eigenvalue weighted by Crippen LogP contribution is -2.23. The molecule has 0 radical (unpaired) electrons. The molecular weight excluding hydrogens is 288 g/mol. The summed E-state index contributed by atoms with van der Waals surface area (Å²) in [5, 5.41) is 8.73. The van der Waals surface area contributed by atoms with Gasteiger partial charge in [0.15, 0.2) is 11.0 Å². The third-order valence-electron chi connectivity index (χ3n) is 3.06. The Morgan fingerprint density at radius 3 is 2.57 bits per heavy atom. The van der Waals surface area contributed by atoms with Gasteiger partial charge in [-0.1, -0.05) is 11.8 Å². The number of carbonyl (C=O) groups is 1. The molecule has 0 aliphatic carbocycles. The van der Waals surface area contributed by atoms with Gasteiger partial charge in [0.05, 0.1) is 12.4 Å². The van der Waals surface area contributed by atoms with E-state index in [0.717, 1.165) is 17.1 Å². The minimum Gasteiger partial charge on any atom is -0.497 e. The van der Waals surface area contributed by atoms with E-state index in [-0.39, 0.29) is 11.2 Å². The number of rotatable bonds is 6. The molecule has 0 fully saturated rings. The van der Waals surface area contributed by atoms with Crippen LogP contribution in [0.5, 0.6) is 5.75 Å². The zero-order valence-electron chi connectivity index (χ0n) is 12.2. The SMILES string of the molecule is CCn1c(S[C@H](C)C(N)=O)nnc1-c1ccc(OC)cc1. The Bertz CT molecular complexity index is 624. The standard InChI is InChI=1S/C14H18N4O2S/c1-4-18-13(10-5-7-11(20-3)8-6-10)16-17-14(18)21-9(2)12(15)19/h5-9H,4H2,1-3H3,(H2,15,19)/t9-/m1/s1. The van der Waals surface area contributed by atoms with Crippen LogP contribution in [0.15, 0.2) is 29.4 Å². The van der Waals surface area contributed by atoms with Crippen LogP contribution in [-0.2, 0) is 11.3 Å². The van der Waals surface area contributed by atoms with E-state index in [1.54, 1.807) is 14.0 Å². The molecule has 0 saturated carbocycles. The Balaban J connectivity index is 2.32. The lowest BCUT2D eigenvalue weighted by atomic mass is 10.2. The van der Waals surface area contributed by atoms with Crippen LogP contribution in [0.2, 0.25) is 0 Å². The first-order chi connectivity index (χ1) is 10.1. The number of nitrogens with two attached hydrogens (primary N) is 1. The molecule has 21 heavy (non-hydrogen) atoms. The van der Waals surface area contributed by atoms with Crippen molar-refractivity contribution in [3.8, 4) is 17.1 Å². The van der Waals surface area contributed by atoms with Gasteiger partial charge >= 0.3 is 0 Å². The molecule has 0 aliphatic rings. The van der Waals surface area contributed by atoms with Gasteiger partial charge in [0.2, 0.25) is 5.91 Å². The van der Waals surface area contributed by atoms with E-state index in [1.165, 1.54) is 11.8 Å². The van der Waals surface area contributed by atoms with Gasteiger partial charge in [0.25, 0.3) is 0 Å². The molecule has 2 N–H and O–H groups in total. The Morgan fingerprint density at radius 2 is 2.05 bits per heavy atom. The summed E-state index contributed by atoms with van der Waals surface area (Å²) in [6, 6.07) is 7.62. The number of hydrogen-bond donors (Lipinski definition) is 1. The summed E-state index contributed by atoms with van der Waals surface area (Å²) in [6.45, 7) is 4.48. The van der Waals surface area contributed by atoms with Crippen molar-refractivity contribution in [1.29, 1.82) is 0 Å². The molecule has 0 spiro atoms. The third kappa shape index (κ3) is 3.36. The van der Waals surface area contributed by atoms with Crippen LogP contribution in [0.25, 0.3) is 11.4 Å². The summed E-state index contributed by atoms with van der Waals surface area (Å²) >= 11 is 1.32. The highest BCUT2D eigenvalue weighted by molar-refractivity contribution is 8.00. The maximum Gasteiger partial charge on any atom is 0.230 e. The minimum absolute atomic E-state index is 0.344. The molecule has 2 aromatic rings. The van der Waals surface area contributed by atoms with Gasteiger partial charge in [0.1, 0.15) is 5.75 Å². The Kier molecular flexibility index (Phi) is 4.85. The van der Waals surface area contributed by atoms with E-state index < -0.39 is 0 Å². The van der Waals surface area contributed by atoms with Gasteiger partial charge in [0, 0.05) is 12.1 Å². The summed E-state index contributed by atoms with van der Waals surface area (Å²) in [5.74, 6) is 1.19. The first-order valence-electron chi connectivity index (χ1n) is 6.60. The van der Waals surface area contributed by atoms with E-state index in [9.17, 15) is 4.79 Å². The van der Waals surface area contributed by atoms with E-state index >= 15 is 0 Å². The van der Waals surface area contributed by atoms with Crippen molar-refractivity contribution in [2.75, 3.05) is 7.11 Å². The normalized spacial score (nSPS) is 12.1. The molecule has 1 atom stereocenters. The highest BCUT2D eigenvalue weighted by Gasteiger charge is 2.18. The van der Waals surface area contributed by atoms with Gasteiger partial charge in [-0.25, -0.2) is 0 Å². The molecule has 0 unspecified atom stereocenters. The first kappa shape index (κ1) is 15.4. The van der Waals surface area contributed by atoms with Crippen LogP contribution in [0.4, 0.5) is 0 Å². The van der Waals surface area contributed by atoms with Crippen LogP contribution >= 0.6 is 11.8 Å². The number of primary amides is 1. The van der Waals surface area contributed by atoms with Gasteiger partial charge in [-0.2, -0.15) is 0 Å². The second kappa shape index (κ2) is 6.62. The molecule has 6 nitrogen and oxygen atoms in total. The second-order valence-electron chi connectivity index (χ2n) is 4.44. The van der Waals surface area contributed by atoms with Gasteiger partial charge < -0.3 is 15.0 Å². The van der Waals surface area contributed by atoms with E-state index in [0.29, 0.717) is 11.7 Å². The smallest absolute Gasteiger partial charge is 0.230 e. The topological polar surface area (TPSA) is 83.0 Å². The maximum absolute atomic E-state index is 11.2. The van der Waals surface area contributed by atoms with Crippen LogP contribution in [0.3, 0.4) is 0 Å². The van der Waals surface area contributed by atoms with Crippen molar-refractivity contribution in [1.82, 2.24) is 14.8 Å². The van der Waals surface area contributed by atoms with Crippen molar-refractivity contribution in [2.45, 2.75) is 30.8 Å². The third-order valence-corrected chi connectivity index (χ3v) is 4.16. The Morgan fingerprint density at radius 1 is 1.38 bits per heavy atom. The summed E-state index contributed by atoms with van der Waals surface area (Å²) in [7, 11) is 1.63. The molecule has 1 aromatic heterocycles. The summed E-state index contributed by atoms with van der Waals surface area (Å²) in [4.78, 5) is 11.2. The number of ether oxygens (including phenoxy) is 1. The van der Waals surface area contributed by atoms with Gasteiger partial charge in [-0.15, -0.1) is 10.2 Å². The predicted molar refractivity (Wildman–Crippen MR) is 82.2 cm³/mol. The van der Waals surface area contributed by atoms with Crippen molar-refractivity contribution >= 4 is 17.7 Å². The van der Waals surface area contributed by atoms with Crippen LogP contribution in [0.1, 0.15) is 13.8 Å². The highest BCUT2D eigenvalue weighted by atomic mass is 32.2. The monoisotopic (exact) mass is 306 g/mol. The molecular formula is C14H18N4O2S. The molecule has 2 rings (SSSR count). The number of thioether (sulfide) groups is 1. The fraction of sp³-hybridized carbons (Fsp3) is 0.357. The quantitative estimate of drug-likeness (QED) is 0.825. The van der Waals surface area contributed by atoms with Crippen LogP contribution in [0, 0.1) is 0 Å². The number of nitrogens with zero attached hydrogens (tertiary/aromatic N) is 3. The summed E-state index contributed by atoms with van der Waals surface area (Å²) < 4.78 is 7.11. The average molecular weight is 306 g/mol. The molecule has 1 heterocycles. The van der Waals surface area contributed by atoms with E-state index in [1.807, 2.05) is 35.8 Å². The zero-order valence-corrected chi connectivity index (χ0v) is 13.1.